The summed E-state index contributed by atoms with van der Waals surface area (Å²) < 4.78 is 11.4. The highest BCUT2D eigenvalue weighted by atomic mass is 16.5. The van der Waals surface area contributed by atoms with E-state index >= 15 is 0 Å². The summed E-state index contributed by atoms with van der Waals surface area (Å²) in [6.45, 7) is 0.603. The van der Waals surface area contributed by atoms with Gasteiger partial charge in [0.15, 0.2) is 0 Å². The number of fused-ring (bicyclic) bond motifs is 1. The minimum absolute atomic E-state index is 0.0812. The lowest BCUT2D eigenvalue weighted by Gasteiger charge is -2.26. The van der Waals surface area contributed by atoms with Crippen LogP contribution in [0.25, 0.3) is 0 Å². The van der Waals surface area contributed by atoms with Gasteiger partial charge in [-0.05, 0) is 30.5 Å². The van der Waals surface area contributed by atoms with Crippen LogP contribution in [0, 0.1) is 0 Å². The predicted octanol–water partition coefficient (Wildman–Crippen LogP) is 4.84. The quantitative estimate of drug-likeness (QED) is 0.381. The van der Waals surface area contributed by atoms with Crippen molar-refractivity contribution in [1.82, 2.24) is 0 Å². The zero-order valence-electron chi connectivity index (χ0n) is 15.5. The number of para-hydroxylation sites is 1. The molecule has 1 unspecified atom stereocenters. The van der Waals surface area contributed by atoms with Crippen molar-refractivity contribution in [2.24, 2.45) is 0 Å². The molecule has 0 radical (unpaired) electrons. The number of aryl methyl sites for hydroxylation is 1. The third-order valence-corrected chi connectivity index (χ3v) is 4.97. The summed E-state index contributed by atoms with van der Waals surface area (Å²) in [5.41, 5.74) is 3.15. The van der Waals surface area contributed by atoms with E-state index in [0.717, 1.165) is 29.7 Å². The average Bonchev–Trinajstić information content (AvgIpc) is 2.71. The summed E-state index contributed by atoms with van der Waals surface area (Å²) in [5.74, 6) is 0.830. The number of benzene rings is 3. The molecule has 142 valence electrons. The predicted molar refractivity (Wildman–Crippen MR) is 107 cm³/mol. The van der Waals surface area contributed by atoms with E-state index < -0.39 is 0 Å². The van der Waals surface area contributed by atoms with Crippen LogP contribution in [0.15, 0.2) is 72.8 Å². The molecule has 4 heteroatoms. The fourth-order valence-electron chi connectivity index (χ4n) is 3.62. The molecule has 0 aromatic heterocycles. The number of rotatable bonds is 6. The molecule has 28 heavy (non-hydrogen) atoms. The Labute approximate surface area is 164 Å². The Balaban J connectivity index is 1.51. The first-order valence-electron chi connectivity index (χ1n) is 9.50. The van der Waals surface area contributed by atoms with Gasteiger partial charge in [-0.2, -0.15) is 0 Å². The molecule has 4 nitrogen and oxygen atoms in total. The van der Waals surface area contributed by atoms with Crippen LogP contribution in [0.3, 0.4) is 0 Å². The zero-order chi connectivity index (χ0) is 19.3. The maximum atomic E-state index is 12.1. The SMILES string of the molecule is O=C1CC(c2ccccc2OCCCc2ccccc2)c2ccc(O)cc2O1. The highest BCUT2D eigenvalue weighted by Gasteiger charge is 2.30. The number of esters is 1. The average molecular weight is 374 g/mol. The maximum absolute atomic E-state index is 12.1. The van der Waals surface area contributed by atoms with Crippen molar-refractivity contribution in [1.29, 1.82) is 0 Å². The van der Waals surface area contributed by atoms with E-state index in [-0.39, 0.29) is 24.1 Å². The van der Waals surface area contributed by atoms with Crippen LogP contribution in [-0.2, 0) is 11.2 Å². The third-order valence-electron chi connectivity index (χ3n) is 4.97. The van der Waals surface area contributed by atoms with E-state index in [1.165, 1.54) is 11.6 Å². The lowest BCUT2D eigenvalue weighted by atomic mass is 9.86. The van der Waals surface area contributed by atoms with Crippen molar-refractivity contribution in [2.45, 2.75) is 25.2 Å². The zero-order valence-corrected chi connectivity index (χ0v) is 15.5. The summed E-state index contributed by atoms with van der Waals surface area (Å²) in [5, 5.41) is 9.71. The van der Waals surface area contributed by atoms with Gasteiger partial charge in [0, 0.05) is 23.1 Å². The van der Waals surface area contributed by atoms with Gasteiger partial charge in [0.25, 0.3) is 0 Å². The van der Waals surface area contributed by atoms with Crippen LogP contribution in [-0.4, -0.2) is 17.7 Å². The number of phenolic OH excluding ortho intramolecular Hbond substituents is 1. The van der Waals surface area contributed by atoms with Crippen molar-refractivity contribution in [3.63, 3.8) is 0 Å². The van der Waals surface area contributed by atoms with Crippen molar-refractivity contribution >= 4 is 5.97 Å². The molecule has 1 heterocycles. The van der Waals surface area contributed by atoms with Crippen LogP contribution < -0.4 is 9.47 Å². The number of ether oxygens (including phenoxy) is 2. The van der Waals surface area contributed by atoms with Gasteiger partial charge in [0.05, 0.1) is 13.0 Å². The molecular weight excluding hydrogens is 352 g/mol. The summed E-state index contributed by atoms with van der Waals surface area (Å²) in [4.78, 5) is 12.1. The molecule has 1 atom stereocenters. The number of carbonyl (C=O) groups excluding carboxylic acids is 1. The molecule has 0 aliphatic carbocycles. The highest BCUT2D eigenvalue weighted by Crippen LogP contribution is 2.43. The highest BCUT2D eigenvalue weighted by molar-refractivity contribution is 5.78. The van der Waals surface area contributed by atoms with Gasteiger partial charge in [0.2, 0.25) is 0 Å². The third kappa shape index (κ3) is 4.01. The number of hydrogen-bond donors (Lipinski definition) is 1. The van der Waals surface area contributed by atoms with E-state index in [4.69, 9.17) is 9.47 Å². The number of phenols is 1. The summed E-state index contributed by atoms with van der Waals surface area (Å²) >= 11 is 0. The van der Waals surface area contributed by atoms with Crippen LogP contribution in [0.2, 0.25) is 0 Å². The normalized spacial score (nSPS) is 15.6. The molecule has 0 fully saturated rings. The van der Waals surface area contributed by atoms with Gasteiger partial charge in [-0.15, -0.1) is 0 Å². The van der Waals surface area contributed by atoms with Gasteiger partial charge >= 0.3 is 5.97 Å². The van der Waals surface area contributed by atoms with Crippen LogP contribution in [0.5, 0.6) is 17.2 Å². The molecule has 0 bridgehead atoms. The van der Waals surface area contributed by atoms with Gasteiger partial charge in [-0.3, -0.25) is 4.79 Å². The molecule has 0 spiro atoms. The molecule has 4 rings (SSSR count). The largest absolute Gasteiger partial charge is 0.508 e. The number of aromatic hydroxyl groups is 1. The minimum Gasteiger partial charge on any atom is -0.508 e. The number of hydrogen-bond acceptors (Lipinski definition) is 4. The van der Waals surface area contributed by atoms with Crippen molar-refractivity contribution in [3.8, 4) is 17.2 Å². The van der Waals surface area contributed by atoms with Crippen molar-refractivity contribution in [3.05, 3.63) is 89.5 Å². The van der Waals surface area contributed by atoms with Gasteiger partial charge < -0.3 is 14.6 Å². The Bertz CT molecular complexity index is 965. The summed E-state index contributed by atoms with van der Waals surface area (Å²) in [6, 6.07) is 23.1. The summed E-state index contributed by atoms with van der Waals surface area (Å²) in [6.07, 6.45) is 2.12. The Kier molecular flexibility index (Phi) is 5.29. The van der Waals surface area contributed by atoms with E-state index in [1.54, 1.807) is 6.07 Å². The first kappa shape index (κ1) is 18.1. The van der Waals surface area contributed by atoms with Crippen molar-refractivity contribution in [2.75, 3.05) is 6.61 Å². The van der Waals surface area contributed by atoms with E-state index in [2.05, 4.69) is 12.1 Å². The first-order chi connectivity index (χ1) is 13.7. The fourth-order valence-corrected chi connectivity index (χ4v) is 3.62. The fraction of sp³-hybridized carbons (Fsp3) is 0.208. The van der Waals surface area contributed by atoms with E-state index in [0.29, 0.717) is 12.4 Å². The smallest absolute Gasteiger partial charge is 0.312 e. The molecule has 1 aliphatic heterocycles. The molecule has 0 saturated heterocycles. The van der Waals surface area contributed by atoms with E-state index in [1.807, 2.05) is 48.5 Å². The lowest BCUT2D eigenvalue weighted by molar-refractivity contribution is -0.135. The van der Waals surface area contributed by atoms with E-state index in [9.17, 15) is 9.90 Å². The van der Waals surface area contributed by atoms with Crippen molar-refractivity contribution < 1.29 is 19.4 Å². The second-order valence-electron chi connectivity index (χ2n) is 6.93. The van der Waals surface area contributed by atoms with Gasteiger partial charge in [-0.25, -0.2) is 0 Å². The molecule has 0 amide bonds. The Hall–Kier alpha value is -3.27. The summed E-state index contributed by atoms with van der Waals surface area (Å²) in [7, 11) is 0. The molecular formula is C24H22O4. The topological polar surface area (TPSA) is 55.8 Å². The molecule has 0 saturated carbocycles. The second-order valence-corrected chi connectivity index (χ2v) is 6.93. The number of carbonyl (C=O) groups is 1. The lowest BCUT2D eigenvalue weighted by Crippen LogP contribution is -2.21. The minimum atomic E-state index is -0.304. The molecule has 3 aromatic carbocycles. The standard InChI is InChI=1S/C24H22O4/c25-18-12-13-20-21(16-24(26)28-23(20)15-18)19-10-4-5-11-22(19)27-14-6-9-17-7-2-1-3-8-17/h1-5,7-8,10-13,15,21,25H,6,9,14,16H2. The molecule has 1 N–H and O–H groups in total. The Morgan fingerprint density at radius 2 is 1.75 bits per heavy atom. The monoisotopic (exact) mass is 374 g/mol. The van der Waals surface area contributed by atoms with Crippen LogP contribution in [0.1, 0.15) is 35.4 Å². The Morgan fingerprint density at radius 3 is 2.61 bits per heavy atom. The second kappa shape index (κ2) is 8.17. The Morgan fingerprint density at radius 1 is 0.964 bits per heavy atom. The van der Waals surface area contributed by atoms with Gasteiger partial charge in [0.1, 0.15) is 17.2 Å². The van der Waals surface area contributed by atoms with Gasteiger partial charge in [-0.1, -0.05) is 54.6 Å². The molecule has 1 aliphatic rings. The maximum Gasteiger partial charge on any atom is 0.312 e. The first-order valence-corrected chi connectivity index (χ1v) is 9.50. The van der Waals surface area contributed by atoms with Crippen LogP contribution in [0.4, 0.5) is 0 Å². The van der Waals surface area contributed by atoms with Crippen LogP contribution >= 0.6 is 0 Å². The molecule has 3 aromatic rings.